The third-order valence-corrected chi connectivity index (χ3v) is 4.24. The van der Waals surface area contributed by atoms with Gasteiger partial charge in [-0.05, 0) is 53.6 Å². The smallest absolute Gasteiger partial charge is 0.416 e. The summed E-state index contributed by atoms with van der Waals surface area (Å²) in [6.07, 6.45) is -3.45. The summed E-state index contributed by atoms with van der Waals surface area (Å²) in [5, 5.41) is 3.12. The number of ether oxygens (including phenoxy) is 1. The highest BCUT2D eigenvalue weighted by Gasteiger charge is 2.33. The first-order chi connectivity index (χ1) is 13.8. The van der Waals surface area contributed by atoms with Gasteiger partial charge < -0.3 is 10.1 Å². The highest BCUT2D eigenvalue weighted by Crippen LogP contribution is 2.32. The molecule has 8 heteroatoms. The van der Waals surface area contributed by atoms with Crippen molar-refractivity contribution in [1.29, 1.82) is 0 Å². The van der Waals surface area contributed by atoms with Crippen molar-refractivity contribution >= 4 is 23.3 Å². The molecule has 2 aromatic carbocycles. The Labute approximate surface area is 170 Å². The molecule has 0 aliphatic heterocycles. The lowest BCUT2D eigenvalue weighted by Gasteiger charge is -2.12. The number of amides is 1. The maximum Gasteiger partial charge on any atom is 0.416 e. The average molecular weight is 421 g/mol. The minimum absolute atomic E-state index is 0.0975. The number of nitrogens with one attached hydrogen (secondary N) is 1. The van der Waals surface area contributed by atoms with E-state index in [1.54, 1.807) is 36.4 Å². The van der Waals surface area contributed by atoms with Crippen molar-refractivity contribution in [3.05, 3.63) is 88.6 Å². The number of halogens is 4. The van der Waals surface area contributed by atoms with E-state index in [1.165, 1.54) is 24.4 Å². The van der Waals surface area contributed by atoms with Crippen LogP contribution in [0.1, 0.15) is 16.7 Å². The van der Waals surface area contributed by atoms with Crippen LogP contribution in [-0.2, 0) is 24.0 Å². The van der Waals surface area contributed by atoms with Crippen LogP contribution in [0.25, 0.3) is 0 Å². The minimum atomic E-state index is -4.52. The van der Waals surface area contributed by atoms with Crippen LogP contribution in [0.4, 0.5) is 19.0 Å². The molecule has 1 aromatic heterocycles. The number of hydrogen-bond acceptors (Lipinski definition) is 3. The Hall–Kier alpha value is -3.06. The van der Waals surface area contributed by atoms with Crippen LogP contribution >= 0.6 is 11.6 Å². The van der Waals surface area contributed by atoms with Gasteiger partial charge in [-0.25, -0.2) is 4.98 Å². The highest BCUT2D eigenvalue weighted by molar-refractivity contribution is 6.30. The second-order valence-corrected chi connectivity index (χ2v) is 6.61. The lowest BCUT2D eigenvalue weighted by atomic mass is 10.0. The van der Waals surface area contributed by atoms with E-state index in [1.807, 2.05) is 0 Å². The first kappa shape index (κ1) is 20.7. The number of anilines is 1. The molecule has 1 amide bonds. The first-order valence-corrected chi connectivity index (χ1v) is 8.97. The van der Waals surface area contributed by atoms with Gasteiger partial charge in [0.1, 0.15) is 18.2 Å². The van der Waals surface area contributed by atoms with E-state index in [0.29, 0.717) is 10.8 Å². The van der Waals surface area contributed by atoms with Crippen LogP contribution < -0.4 is 10.1 Å². The van der Waals surface area contributed by atoms with Gasteiger partial charge in [0.2, 0.25) is 5.91 Å². The van der Waals surface area contributed by atoms with Gasteiger partial charge in [-0.1, -0.05) is 29.8 Å². The SMILES string of the molecule is O=C(Cc1ccccc1C(F)(F)F)Nc1cc(COc2ccc(Cl)cc2)ccn1. The molecule has 0 bridgehead atoms. The lowest BCUT2D eigenvalue weighted by molar-refractivity contribution is -0.138. The van der Waals surface area contributed by atoms with Crippen molar-refractivity contribution in [2.24, 2.45) is 0 Å². The van der Waals surface area contributed by atoms with Gasteiger partial charge in [0, 0.05) is 11.2 Å². The molecule has 1 heterocycles. The van der Waals surface area contributed by atoms with Crippen molar-refractivity contribution < 1.29 is 22.7 Å². The fourth-order valence-electron chi connectivity index (χ4n) is 2.64. The van der Waals surface area contributed by atoms with Crippen molar-refractivity contribution in [3.8, 4) is 5.75 Å². The van der Waals surface area contributed by atoms with E-state index in [4.69, 9.17) is 16.3 Å². The van der Waals surface area contributed by atoms with E-state index in [-0.39, 0.29) is 18.0 Å². The predicted molar refractivity (Wildman–Crippen MR) is 104 cm³/mol. The van der Waals surface area contributed by atoms with Gasteiger partial charge in [0.15, 0.2) is 0 Å². The zero-order chi connectivity index (χ0) is 20.9. The van der Waals surface area contributed by atoms with Crippen molar-refractivity contribution in [2.75, 3.05) is 5.32 Å². The lowest BCUT2D eigenvalue weighted by Crippen LogP contribution is -2.18. The number of aromatic nitrogens is 1. The minimum Gasteiger partial charge on any atom is -0.489 e. The molecule has 29 heavy (non-hydrogen) atoms. The van der Waals surface area contributed by atoms with Crippen LogP contribution in [0.5, 0.6) is 5.75 Å². The second-order valence-electron chi connectivity index (χ2n) is 6.17. The molecule has 0 fully saturated rings. The summed E-state index contributed by atoms with van der Waals surface area (Å²) in [5.41, 5.74) is -0.186. The average Bonchev–Trinajstić information content (AvgIpc) is 2.67. The molecule has 4 nitrogen and oxygen atoms in total. The molecule has 3 rings (SSSR count). The maximum atomic E-state index is 13.1. The van der Waals surface area contributed by atoms with E-state index in [9.17, 15) is 18.0 Å². The van der Waals surface area contributed by atoms with Crippen LogP contribution in [-0.4, -0.2) is 10.9 Å². The van der Waals surface area contributed by atoms with E-state index < -0.39 is 24.1 Å². The van der Waals surface area contributed by atoms with Crippen LogP contribution in [0.2, 0.25) is 5.02 Å². The molecule has 3 aromatic rings. The Bertz CT molecular complexity index is 992. The molecule has 0 unspecified atom stereocenters. The molecular formula is C21H16ClF3N2O2. The van der Waals surface area contributed by atoms with Gasteiger partial charge in [-0.2, -0.15) is 13.2 Å². The van der Waals surface area contributed by atoms with E-state index in [0.717, 1.165) is 11.6 Å². The molecular weight excluding hydrogens is 405 g/mol. The fraction of sp³-hybridized carbons (Fsp3) is 0.143. The normalized spacial score (nSPS) is 11.2. The predicted octanol–water partition coefficient (Wildman–Crippen LogP) is 5.51. The monoisotopic (exact) mass is 420 g/mol. The molecule has 1 N–H and O–H groups in total. The Morgan fingerprint density at radius 1 is 1.07 bits per heavy atom. The maximum absolute atomic E-state index is 13.1. The molecule has 0 radical (unpaired) electrons. The molecule has 0 saturated carbocycles. The summed E-state index contributed by atoms with van der Waals surface area (Å²) in [6.45, 7) is 0.226. The summed E-state index contributed by atoms with van der Waals surface area (Å²) >= 11 is 5.82. The van der Waals surface area contributed by atoms with Crippen LogP contribution in [0.15, 0.2) is 66.9 Å². The zero-order valence-electron chi connectivity index (χ0n) is 15.0. The first-order valence-electron chi connectivity index (χ1n) is 8.59. The second kappa shape index (κ2) is 8.96. The summed E-state index contributed by atoms with van der Waals surface area (Å²) in [7, 11) is 0. The van der Waals surface area contributed by atoms with E-state index >= 15 is 0 Å². The zero-order valence-corrected chi connectivity index (χ0v) is 15.8. The number of nitrogens with zero attached hydrogens (tertiary/aromatic N) is 1. The Balaban J connectivity index is 1.63. The quantitative estimate of drug-likeness (QED) is 0.571. The highest BCUT2D eigenvalue weighted by atomic mass is 35.5. The summed E-state index contributed by atoms with van der Waals surface area (Å²) in [4.78, 5) is 16.3. The van der Waals surface area contributed by atoms with Crippen LogP contribution in [0, 0.1) is 0 Å². The molecule has 150 valence electrons. The van der Waals surface area contributed by atoms with Gasteiger partial charge in [0.05, 0.1) is 12.0 Å². The molecule has 0 aliphatic carbocycles. The Kier molecular flexibility index (Phi) is 6.39. The summed E-state index contributed by atoms with van der Waals surface area (Å²) in [6, 6.07) is 15.2. The van der Waals surface area contributed by atoms with Crippen LogP contribution in [0.3, 0.4) is 0 Å². The van der Waals surface area contributed by atoms with E-state index in [2.05, 4.69) is 10.3 Å². The van der Waals surface area contributed by atoms with Gasteiger partial charge in [-0.3, -0.25) is 4.79 Å². The number of alkyl halides is 3. The standard InChI is InChI=1S/C21H16ClF3N2O2/c22-16-5-7-17(8-6-16)29-13-14-9-10-26-19(11-14)27-20(28)12-15-3-1-2-4-18(15)21(23,24)25/h1-11H,12-13H2,(H,26,27,28). The van der Waals surface area contributed by atoms with Gasteiger partial charge in [0.25, 0.3) is 0 Å². The number of hydrogen-bond donors (Lipinski definition) is 1. The third kappa shape index (κ3) is 5.96. The largest absolute Gasteiger partial charge is 0.489 e. The number of carbonyl (C=O) groups is 1. The van der Waals surface area contributed by atoms with Gasteiger partial charge in [-0.15, -0.1) is 0 Å². The fourth-order valence-corrected chi connectivity index (χ4v) is 2.77. The van der Waals surface area contributed by atoms with Gasteiger partial charge >= 0.3 is 6.18 Å². The van der Waals surface area contributed by atoms with Crippen molar-refractivity contribution in [2.45, 2.75) is 19.2 Å². The Morgan fingerprint density at radius 2 is 1.79 bits per heavy atom. The third-order valence-electron chi connectivity index (χ3n) is 3.98. The number of pyridine rings is 1. The summed E-state index contributed by atoms with van der Waals surface area (Å²) < 4.78 is 44.8. The summed E-state index contributed by atoms with van der Waals surface area (Å²) in [5.74, 6) is 0.266. The Morgan fingerprint density at radius 3 is 2.52 bits per heavy atom. The van der Waals surface area contributed by atoms with Crippen molar-refractivity contribution in [3.63, 3.8) is 0 Å². The topological polar surface area (TPSA) is 51.2 Å². The number of carbonyl (C=O) groups excluding carboxylic acids is 1. The molecule has 0 aliphatic rings. The number of rotatable bonds is 6. The van der Waals surface area contributed by atoms with Crippen molar-refractivity contribution in [1.82, 2.24) is 4.98 Å². The molecule has 0 atom stereocenters. The molecule has 0 spiro atoms. The number of benzene rings is 2. The molecule has 0 saturated heterocycles.